The van der Waals surface area contributed by atoms with E-state index in [-0.39, 0.29) is 17.5 Å². The van der Waals surface area contributed by atoms with E-state index >= 15 is 0 Å². The minimum atomic E-state index is -0.349. The van der Waals surface area contributed by atoms with Crippen molar-refractivity contribution in [2.75, 3.05) is 0 Å². The lowest BCUT2D eigenvalue weighted by Gasteiger charge is -2.12. The van der Waals surface area contributed by atoms with Gasteiger partial charge in [0.25, 0.3) is 11.8 Å². The van der Waals surface area contributed by atoms with Crippen molar-refractivity contribution in [1.29, 1.82) is 0 Å². The number of hydrogen-bond donors (Lipinski definition) is 2. The number of amides is 2. The zero-order valence-corrected chi connectivity index (χ0v) is 18.3. The average molecular weight is 443 g/mol. The van der Waals surface area contributed by atoms with Crippen LogP contribution in [0.4, 0.5) is 0 Å². The Hall–Kier alpha value is -3.97. The van der Waals surface area contributed by atoms with Gasteiger partial charge in [0.15, 0.2) is 0 Å². The van der Waals surface area contributed by atoms with E-state index in [9.17, 15) is 9.59 Å². The van der Waals surface area contributed by atoms with Crippen LogP contribution in [0, 0.1) is 6.92 Å². The van der Waals surface area contributed by atoms with Crippen molar-refractivity contribution in [2.45, 2.75) is 13.5 Å². The number of nitrogens with zero attached hydrogens (tertiary/aromatic N) is 2. The normalized spacial score (nSPS) is 11.2. The topological polar surface area (TPSA) is 76.0 Å². The molecule has 0 unspecified atom stereocenters. The Labute approximate surface area is 190 Å². The molecule has 4 aromatic rings. The van der Waals surface area contributed by atoms with Gasteiger partial charge in [0.2, 0.25) is 0 Å². The Morgan fingerprint density at radius 2 is 1.94 bits per heavy atom. The van der Waals surface area contributed by atoms with Crippen LogP contribution >= 0.6 is 11.3 Å². The van der Waals surface area contributed by atoms with E-state index in [4.69, 9.17) is 0 Å². The van der Waals surface area contributed by atoms with Crippen LogP contribution in [-0.2, 0) is 11.3 Å². The summed E-state index contributed by atoms with van der Waals surface area (Å²) in [7, 11) is 0. The van der Waals surface area contributed by atoms with Crippen LogP contribution in [0.15, 0.2) is 90.5 Å². The lowest BCUT2D eigenvalue weighted by molar-refractivity contribution is -0.117. The highest BCUT2D eigenvalue weighted by atomic mass is 32.1. The molecule has 4 rings (SSSR count). The van der Waals surface area contributed by atoms with Crippen LogP contribution in [0.25, 0.3) is 11.8 Å². The summed E-state index contributed by atoms with van der Waals surface area (Å²) in [5.41, 5.74) is 3.62. The van der Waals surface area contributed by atoms with Gasteiger partial charge in [-0.25, -0.2) is 4.98 Å². The van der Waals surface area contributed by atoms with Gasteiger partial charge in [-0.05, 0) is 54.3 Å². The lowest BCUT2D eigenvalue weighted by Crippen LogP contribution is -2.34. The number of aryl methyl sites for hydroxylation is 1. The van der Waals surface area contributed by atoms with Gasteiger partial charge in [0.1, 0.15) is 5.70 Å². The summed E-state index contributed by atoms with van der Waals surface area (Å²) >= 11 is 1.49. The van der Waals surface area contributed by atoms with E-state index < -0.39 is 0 Å². The van der Waals surface area contributed by atoms with Crippen molar-refractivity contribution in [3.8, 4) is 5.69 Å². The largest absolute Gasteiger partial charge is 0.347 e. The Bertz CT molecular complexity index is 1230. The van der Waals surface area contributed by atoms with E-state index in [0.717, 1.165) is 21.7 Å². The third kappa shape index (κ3) is 5.39. The molecule has 2 amide bonds. The molecule has 32 heavy (non-hydrogen) atoms. The monoisotopic (exact) mass is 442 g/mol. The highest BCUT2D eigenvalue weighted by Crippen LogP contribution is 2.14. The summed E-state index contributed by atoms with van der Waals surface area (Å²) in [5, 5.41) is 7.59. The van der Waals surface area contributed by atoms with Crippen LogP contribution in [-0.4, -0.2) is 21.4 Å². The van der Waals surface area contributed by atoms with Gasteiger partial charge in [-0.15, -0.1) is 11.3 Å². The predicted octanol–water partition coefficient (Wildman–Crippen LogP) is 4.33. The van der Waals surface area contributed by atoms with E-state index in [1.165, 1.54) is 11.3 Å². The molecule has 2 N–H and O–H groups in total. The van der Waals surface area contributed by atoms with Crippen molar-refractivity contribution < 1.29 is 9.59 Å². The lowest BCUT2D eigenvalue weighted by atomic mass is 10.1. The number of hydrogen-bond acceptors (Lipinski definition) is 4. The highest BCUT2D eigenvalue weighted by molar-refractivity contribution is 7.10. The number of aromatic nitrogens is 2. The number of nitrogens with one attached hydrogen (secondary N) is 2. The van der Waals surface area contributed by atoms with Gasteiger partial charge in [-0.3, -0.25) is 9.59 Å². The minimum Gasteiger partial charge on any atom is -0.347 e. The van der Waals surface area contributed by atoms with Crippen molar-refractivity contribution >= 4 is 29.2 Å². The second kappa shape index (κ2) is 9.89. The fourth-order valence-corrected chi connectivity index (χ4v) is 3.79. The maximum Gasteiger partial charge on any atom is 0.268 e. The Kier molecular flexibility index (Phi) is 6.57. The highest BCUT2D eigenvalue weighted by Gasteiger charge is 2.15. The minimum absolute atomic E-state index is 0.203. The van der Waals surface area contributed by atoms with E-state index in [2.05, 4.69) is 15.6 Å². The molecule has 0 aliphatic rings. The molecule has 7 heteroatoms. The van der Waals surface area contributed by atoms with Gasteiger partial charge in [-0.2, -0.15) is 0 Å². The Morgan fingerprint density at radius 1 is 1.09 bits per heavy atom. The summed E-state index contributed by atoms with van der Waals surface area (Å²) in [6.45, 7) is 2.26. The number of carbonyl (C=O) groups excluding carboxylic acids is 2. The maximum atomic E-state index is 12.9. The van der Waals surface area contributed by atoms with Crippen LogP contribution in [0.3, 0.4) is 0 Å². The molecule has 6 nitrogen and oxygen atoms in total. The fraction of sp³-hybridized carbons (Fsp3) is 0.0800. The molecule has 160 valence electrons. The molecular weight excluding hydrogens is 420 g/mol. The van der Waals surface area contributed by atoms with Crippen LogP contribution in [0.2, 0.25) is 0 Å². The fourth-order valence-electron chi connectivity index (χ4n) is 3.13. The first-order valence-corrected chi connectivity index (χ1v) is 10.9. The molecule has 0 spiro atoms. The molecule has 0 saturated heterocycles. The number of rotatable bonds is 7. The van der Waals surface area contributed by atoms with E-state index in [1.807, 2.05) is 71.6 Å². The Balaban J connectivity index is 1.46. The molecule has 0 aliphatic heterocycles. The van der Waals surface area contributed by atoms with Crippen molar-refractivity contribution in [2.24, 2.45) is 0 Å². The summed E-state index contributed by atoms with van der Waals surface area (Å²) in [6.07, 6.45) is 7.02. The molecule has 2 aromatic heterocycles. The van der Waals surface area contributed by atoms with Crippen LogP contribution in [0.5, 0.6) is 0 Å². The number of imidazole rings is 1. The molecule has 2 aromatic carbocycles. The zero-order chi connectivity index (χ0) is 22.3. The molecule has 0 radical (unpaired) electrons. The third-order valence-electron chi connectivity index (χ3n) is 4.79. The number of thiophene rings is 1. The van der Waals surface area contributed by atoms with Gasteiger partial charge in [0.05, 0.1) is 6.33 Å². The number of carbonyl (C=O) groups is 2. The van der Waals surface area contributed by atoms with Gasteiger partial charge < -0.3 is 15.2 Å². The molecule has 0 fully saturated rings. The molecule has 0 bridgehead atoms. The average Bonchev–Trinajstić information content (AvgIpc) is 3.52. The zero-order valence-electron chi connectivity index (χ0n) is 17.5. The molecule has 0 saturated carbocycles. The van der Waals surface area contributed by atoms with Crippen molar-refractivity contribution in [3.63, 3.8) is 0 Å². The van der Waals surface area contributed by atoms with E-state index in [0.29, 0.717) is 12.1 Å². The second-order valence-electron chi connectivity index (χ2n) is 7.22. The number of benzene rings is 2. The SMILES string of the molecule is Cc1cccc(C(=O)N/C(=C\c2cccs2)C(=O)NCc2ccc(-n3ccnc3)cc2)c1. The molecule has 2 heterocycles. The standard InChI is InChI=1S/C25H22N4O2S/c1-18-4-2-5-20(14-18)24(30)28-23(15-22-6-3-13-32-22)25(31)27-16-19-7-9-21(10-8-19)29-12-11-26-17-29/h2-15,17H,16H2,1H3,(H,27,31)(H,28,30)/b23-15-. The maximum absolute atomic E-state index is 12.9. The third-order valence-corrected chi connectivity index (χ3v) is 5.61. The first-order chi connectivity index (χ1) is 15.6. The van der Waals surface area contributed by atoms with Crippen LogP contribution in [0.1, 0.15) is 26.4 Å². The summed E-state index contributed by atoms with van der Waals surface area (Å²) in [6, 6.07) is 18.9. The van der Waals surface area contributed by atoms with Gasteiger partial charge >= 0.3 is 0 Å². The molecular formula is C25H22N4O2S. The molecule has 0 aliphatic carbocycles. The Morgan fingerprint density at radius 3 is 2.62 bits per heavy atom. The van der Waals surface area contributed by atoms with E-state index in [1.54, 1.807) is 30.7 Å². The van der Waals surface area contributed by atoms with Crippen LogP contribution < -0.4 is 10.6 Å². The predicted molar refractivity (Wildman–Crippen MR) is 126 cm³/mol. The van der Waals surface area contributed by atoms with Gasteiger partial charge in [-0.1, -0.05) is 35.9 Å². The smallest absolute Gasteiger partial charge is 0.268 e. The second-order valence-corrected chi connectivity index (χ2v) is 8.20. The van der Waals surface area contributed by atoms with Crippen molar-refractivity contribution in [1.82, 2.24) is 20.2 Å². The summed E-state index contributed by atoms with van der Waals surface area (Å²) in [5.74, 6) is -0.672. The summed E-state index contributed by atoms with van der Waals surface area (Å²) < 4.78 is 1.91. The first kappa shape index (κ1) is 21.3. The first-order valence-electron chi connectivity index (χ1n) is 10.1. The van der Waals surface area contributed by atoms with Crippen molar-refractivity contribution in [3.05, 3.63) is 112 Å². The van der Waals surface area contributed by atoms with Gasteiger partial charge in [0, 0.05) is 35.1 Å². The summed E-state index contributed by atoms with van der Waals surface area (Å²) in [4.78, 5) is 30.6. The molecule has 0 atom stereocenters. The quantitative estimate of drug-likeness (QED) is 0.418.